The van der Waals surface area contributed by atoms with Gasteiger partial charge in [0.25, 0.3) is 0 Å². The molecule has 0 radical (unpaired) electrons. The van der Waals surface area contributed by atoms with Crippen molar-refractivity contribution in [2.45, 2.75) is 84.3 Å². The fraction of sp³-hybridized carbons (Fsp3) is 0.543. The van der Waals surface area contributed by atoms with Gasteiger partial charge in [-0.05, 0) is 81.3 Å². The summed E-state index contributed by atoms with van der Waals surface area (Å²) in [4.78, 5) is 28.1. The molecule has 0 spiro atoms. The summed E-state index contributed by atoms with van der Waals surface area (Å²) < 4.78 is 5.97. The Hall–Kier alpha value is -3.08. The number of nitrogens with zero attached hydrogens (tertiary/aromatic N) is 1. The van der Waals surface area contributed by atoms with Gasteiger partial charge in [-0.2, -0.15) is 0 Å². The summed E-state index contributed by atoms with van der Waals surface area (Å²) in [5.74, 6) is -0.289. The second-order valence-corrected chi connectivity index (χ2v) is 13.4. The molecule has 4 rings (SSSR count). The third kappa shape index (κ3) is 7.95. The highest BCUT2D eigenvalue weighted by atomic mass is 16.5. The molecule has 2 amide bonds. The van der Waals surface area contributed by atoms with Crippen molar-refractivity contribution >= 4 is 17.9 Å². The average molecular weight is 608 g/mol. The van der Waals surface area contributed by atoms with E-state index in [4.69, 9.17) is 4.74 Å². The Balaban J connectivity index is 1.42. The maximum atomic E-state index is 13.2. The van der Waals surface area contributed by atoms with Crippen LogP contribution in [-0.2, 0) is 20.7 Å². The summed E-state index contributed by atoms with van der Waals surface area (Å²) in [6, 6.07) is 12.2. The van der Waals surface area contributed by atoms with Gasteiger partial charge < -0.3 is 35.6 Å². The summed E-state index contributed by atoms with van der Waals surface area (Å²) in [6.07, 6.45) is 1.39. The van der Waals surface area contributed by atoms with Crippen LogP contribution >= 0.6 is 0 Å². The predicted molar refractivity (Wildman–Crippen MR) is 171 cm³/mol. The van der Waals surface area contributed by atoms with Gasteiger partial charge in [-0.1, -0.05) is 48.6 Å². The minimum Gasteiger partial charge on any atom is -0.394 e. The van der Waals surface area contributed by atoms with Crippen LogP contribution in [0.2, 0.25) is 0 Å². The highest BCUT2D eigenvalue weighted by Gasteiger charge is 2.39. The highest BCUT2D eigenvalue weighted by molar-refractivity contribution is 5.93. The Labute approximate surface area is 261 Å². The zero-order valence-corrected chi connectivity index (χ0v) is 26.9. The van der Waals surface area contributed by atoms with E-state index in [1.807, 2.05) is 51.1 Å². The molecule has 240 valence electrons. The van der Waals surface area contributed by atoms with Crippen molar-refractivity contribution in [2.75, 3.05) is 32.8 Å². The molecule has 2 heterocycles. The van der Waals surface area contributed by atoms with Crippen molar-refractivity contribution in [3.05, 3.63) is 75.9 Å². The molecule has 0 aromatic heterocycles. The maximum absolute atomic E-state index is 13.2. The van der Waals surface area contributed by atoms with Gasteiger partial charge >= 0.3 is 0 Å². The largest absolute Gasteiger partial charge is 0.394 e. The lowest BCUT2D eigenvalue weighted by Crippen LogP contribution is -2.60. The number of carbonyl (C=O) groups is 2. The lowest BCUT2D eigenvalue weighted by atomic mass is 9.87. The molecule has 2 aliphatic rings. The number of amides is 2. The number of aliphatic hydroxyl groups excluding tert-OH is 3. The lowest BCUT2D eigenvalue weighted by Gasteiger charge is -2.37. The van der Waals surface area contributed by atoms with Crippen molar-refractivity contribution in [3.63, 3.8) is 0 Å². The van der Waals surface area contributed by atoms with Gasteiger partial charge in [-0.25, -0.2) is 0 Å². The number of carbonyl (C=O) groups excluding carboxylic acids is 2. The number of aliphatic hydroxyl groups is 3. The van der Waals surface area contributed by atoms with Gasteiger partial charge in [0.05, 0.1) is 24.2 Å². The highest BCUT2D eigenvalue weighted by Crippen LogP contribution is 2.35. The Morgan fingerprint density at radius 3 is 2.34 bits per heavy atom. The normalized spacial score (nSPS) is 23.2. The van der Waals surface area contributed by atoms with Crippen molar-refractivity contribution in [3.8, 4) is 0 Å². The van der Waals surface area contributed by atoms with E-state index in [2.05, 4.69) is 35.8 Å². The van der Waals surface area contributed by atoms with E-state index < -0.39 is 35.4 Å². The monoisotopic (exact) mass is 607 g/mol. The van der Waals surface area contributed by atoms with E-state index in [0.29, 0.717) is 19.5 Å². The Morgan fingerprint density at radius 1 is 1.05 bits per heavy atom. The van der Waals surface area contributed by atoms with E-state index in [1.165, 1.54) is 0 Å². The predicted octanol–water partition coefficient (Wildman–Crippen LogP) is 2.80. The van der Waals surface area contributed by atoms with Crippen LogP contribution in [0.1, 0.15) is 73.6 Å². The molecule has 2 aromatic rings. The number of piperazine rings is 1. The SMILES string of the molecule is Cc1cc(C)c(C2OC(CO)CC(O)C2O)cc1Cc1ccc(C=CC(C)(C)C(=O)NC(C)(C)C(=O)N2CCNCC2)cc1. The minimum absolute atomic E-state index is 0.0759. The Morgan fingerprint density at radius 2 is 1.70 bits per heavy atom. The average Bonchev–Trinajstić information content (AvgIpc) is 2.99. The molecule has 2 aliphatic heterocycles. The number of aryl methyl sites for hydroxylation is 2. The molecule has 4 unspecified atom stereocenters. The zero-order chi connectivity index (χ0) is 32.2. The van der Waals surface area contributed by atoms with Crippen molar-refractivity contribution in [1.29, 1.82) is 0 Å². The first kappa shape index (κ1) is 33.8. The number of hydrogen-bond donors (Lipinski definition) is 5. The van der Waals surface area contributed by atoms with Gasteiger partial charge in [-0.15, -0.1) is 0 Å². The first-order valence-electron chi connectivity index (χ1n) is 15.5. The molecule has 9 heteroatoms. The van der Waals surface area contributed by atoms with Crippen LogP contribution in [0.3, 0.4) is 0 Å². The van der Waals surface area contributed by atoms with Crippen molar-refractivity contribution in [1.82, 2.24) is 15.5 Å². The second kappa shape index (κ2) is 13.9. The first-order chi connectivity index (χ1) is 20.7. The number of ether oxygens (including phenoxy) is 1. The van der Waals surface area contributed by atoms with Gasteiger partial charge in [0.1, 0.15) is 17.7 Å². The molecule has 2 saturated heterocycles. The Kier molecular flexibility index (Phi) is 10.7. The Bertz CT molecular complexity index is 1350. The summed E-state index contributed by atoms with van der Waals surface area (Å²) in [6.45, 7) is 13.8. The number of hydrogen-bond acceptors (Lipinski definition) is 7. The zero-order valence-electron chi connectivity index (χ0n) is 26.9. The number of rotatable bonds is 9. The summed E-state index contributed by atoms with van der Waals surface area (Å²) in [5.41, 5.74) is 4.20. The van der Waals surface area contributed by atoms with Crippen LogP contribution in [-0.4, -0.2) is 88.7 Å². The third-order valence-corrected chi connectivity index (χ3v) is 8.80. The second-order valence-electron chi connectivity index (χ2n) is 13.4. The van der Waals surface area contributed by atoms with Crippen LogP contribution < -0.4 is 10.6 Å². The molecule has 2 aromatic carbocycles. The minimum atomic E-state index is -1.07. The topological polar surface area (TPSA) is 131 Å². The third-order valence-electron chi connectivity index (χ3n) is 8.80. The number of benzene rings is 2. The van der Waals surface area contributed by atoms with Gasteiger partial charge in [0.15, 0.2) is 0 Å². The molecule has 4 atom stereocenters. The standard InChI is InChI=1S/C35H49N3O6/c1-22-17-23(2)28(31-30(41)29(40)20-27(21-39)44-31)19-26(22)18-25-9-7-24(8-10-25)11-12-34(3,4)32(42)37-35(5,6)33(43)38-15-13-36-14-16-38/h7-12,17,19,27,29-31,36,39-41H,13-16,18,20-21H2,1-6H3,(H,37,42). The van der Waals surface area contributed by atoms with Gasteiger partial charge in [0.2, 0.25) is 11.8 Å². The molecule has 44 heavy (non-hydrogen) atoms. The van der Waals surface area contributed by atoms with Crippen molar-refractivity contribution in [2.24, 2.45) is 5.41 Å². The summed E-state index contributed by atoms with van der Waals surface area (Å²) in [5, 5.41) is 36.8. The van der Waals surface area contributed by atoms with Crippen LogP contribution in [0.5, 0.6) is 0 Å². The van der Waals surface area contributed by atoms with Crippen molar-refractivity contribution < 1.29 is 29.6 Å². The molecular formula is C35H49N3O6. The quantitative estimate of drug-likeness (QED) is 0.296. The van der Waals surface area contributed by atoms with E-state index in [9.17, 15) is 24.9 Å². The van der Waals surface area contributed by atoms with E-state index in [1.54, 1.807) is 18.7 Å². The van der Waals surface area contributed by atoms with Crippen LogP contribution in [0, 0.1) is 19.3 Å². The number of nitrogens with one attached hydrogen (secondary N) is 2. The van der Waals surface area contributed by atoms with Gasteiger partial charge in [0, 0.05) is 32.6 Å². The fourth-order valence-corrected chi connectivity index (χ4v) is 5.85. The van der Waals surface area contributed by atoms with E-state index >= 15 is 0 Å². The molecule has 0 saturated carbocycles. The molecule has 0 aliphatic carbocycles. The van der Waals surface area contributed by atoms with Crippen LogP contribution in [0.15, 0.2) is 42.5 Å². The van der Waals surface area contributed by atoms with E-state index in [0.717, 1.165) is 46.5 Å². The molecule has 9 nitrogen and oxygen atoms in total. The lowest BCUT2D eigenvalue weighted by molar-refractivity contribution is -0.179. The van der Waals surface area contributed by atoms with Crippen LogP contribution in [0.4, 0.5) is 0 Å². The van der Waals surface area contributed by atoms with E-state index in [-0.39, 0.29) is 24.8 Å². The fourth-order valence-electron chi connectivity index (χ4n) is 5.85. The molecule has 5 N–H and O–H groups in total. The molecule has 0 bridgehead atoms. The smallest absolute Gasteiger partial charge is 0.247 e. The summed E-state index contributed by atoms with van der Waals surface area (Å²) in [7, 11) is 0. The van der Waals surface area contributed by atoms with Gasteiger partial charge in [-0.3, -0.25) is 9.59 Å². The molecule has 2 fully saturated rings. The first-order valence-corrected chi connectivity index (χ1v) is 15.5. The van der Waals surface area contributed by atoms with Crippen LogP contribution in [0.25, 0.3) is 6.08 Å². The molecular weight excluding hydrogens is 558 g/mol. The summed E-state index contributed by atoms with van der Waals surface area (Å²) >= 11 is 0. The maximum Gasteiger partial charge on any atom is 0.247 e.